The number of fused-ring (bicyclic) bond motifs is 1. The van der Waals surface area contributed by atoms with Gasteiger partial charge in [-0.2, -0.15) is 0 Å². The second kappa shape index (κ2) is 14.8. The number of rotatable bonds is 9. The van der Waals surface area contributed by atoms with Crippen molar-refractivity contribution in [2.24, 2.45) is 0 Å². The smallest absolute Gasteiger partial charge is 0.128 e. The van der Waals surface area contributed by atoms with Crippen LogP contribution in [0.2, 0.25) is 0 Å². The number of aromatic hydroxyl groups is 1. The van der Waals surface area contributed by atoms with Crippen molar-refractivity contribution in [3.63, 3.8) is 0 Å². The van der Waals surface area contributed by atoms with Gasteiger partial charge in [0.2, 0.25) is 0 Å². The van der Waals surface area contributed by atoms with Gasteiger partial charge >= 0.3 is 0 Å². The molecule has 2 aromatic heterocycles. The van der Waals surface area contributed by atoms with Gasteiger partial charge in [-0.15, -0.1) is 35.9 Å². The number of nitrogens with one attached hydrogen (secondary N) is 1. The van der Waals surface area contributed by atoms with E-state index in [4.69, 9.17) is 4.98 Å². The second-order valence-corrected chi connectivity index (χ2v) is 13.3. The summed E-state index contributed by atoms with van der Waals surface area (Å²) in [5.74, 6) is 1.75. The van der Waals surface area contributed by atoms with Crippen molar-refractivity contribution in [1.29, 1.82) is 0 Å². The average molecular weight is 822 g/mol. The molecule has 7 aromatic rings. The summed E-state index contributed by atoms with van der Waals surface area (Å²) >= 11 is 0. The Morgan fingerprint density at radius 2 is 1.35 bits per heavy atom. The molecule has 2 heterocycles. The molecule has 0 spiro atoms. The molecule has 5 aromatic carbocycles. The van der Waals surface area contributed by atoms with Crippen LogP contribution < -0.4 is 0 Å². The molecular formula is C44H40N3OPt-. The maximum atomic E-state index is 12.0. The largest absolute Gasteiger partial charge is 0.507 e. The van der Waals surface area contributed by atoms with Gasteiger partial charge in [-0.25, -0.2) is 0 Å². The number of benzene rings is 5. The van der Waals surface area contributed by atoms with Crippen LogP contribution in [0.25, 0.3) is 44.5 Å². The molecule has 0 radical (unpaired) electrons. The molecule has 0 fully saturated rings. The van der Waals surface area contributed by atoms with Crippen LogP contribution in [0.4, 0.5) is 0 Å². The van der Waals surface area contributed by atoms with Crippen molar-refractivity contribution in [2.45, 2.75) is 52.4 Å². The summed E-state index contributed by atoms with van der Waals surface area (Å²) in [5.41, 5.74) is 11.5. The number of nitrogens with zero attached hydrogens (tertiary/aromatic N) is 2. The van der Waals surface area contributed by atoms with Crippen molar-refractivity contribution in [1.82, 2.24) is 15.0 Å². The first-order valence-electron chi connectivity index (χ1n) is 16.8. The standard InChI is InChI=1S/C44H40N3O.Pt/c1-28(2)34-20-35(29(3)4)22-36(21-34)37-23-38(43(48)41(24-37)42-27-46-44(47-42)30-12-6-5-7-13-30)18-31-14-8-9-15-32(31)19-39-26-45-25-33-16-10-11-17-40(33)39;/h5-12,14-17,20-29,48H,18-19H2,1-4H3,(H,46,47);/q-1;. The quantitative estimate of drug-likeness (QED) is 0.143. The molecule has 0 atom stereocenters. The summed E-state index contributed by atoms with van der Waals surface area (Å²) in [5, 5.41) is 14.3. The van der Waals surface area contributed by atoms with Crippen molar-refractivity contribution in [2.75, 3.05) is 0 Å². The average Bonchev–Trinajstić information content (AvgIpc) is 3.60. The molecule has 2 N–H and O–H groups in total. The van der Waals surface area contributed by atoms with Gasteiger partial charge in [0, 0.05) is 57.0 Å². The number of phenolic OH excluding ortho intramolecular Hbond substituents is 1. The van der Waals surface area contributed by atoms with Crippen LogP contribution in [0.3, 0.4) is 0 Å². The maximum Gasteiger partial charge on any atom is 0.128 e. The summed E-state index contributed by atoms with van der Waals surface area (Å²) in [6.45, 7) is 8.96. The summed E-state index contributed by atoms with van der Waals surface area (Å²) in [6.07, 6.45) is 7.10. The molecule has 5 heteroatoms. The van der Waals surface area contributed by atoms with Crippen LogP contribution in [0.5, 0.6) is 5.75 Å². The van der Waals surface area contributed by atoms with Gasteiger partial charge in [0.25, 0.3) is 0 Å². The van der Waals surface area contributed by atoms with E-state index in [0.717, 1.165) is 39.9 Å². The van der Waals surface area contributed by atoms with Crippen LogP contribution in [0.1, 0.15) is 72.9 Å². The molecule has 0 saturated carbocycles. The zero-order chi connectivity index (χ0) is 33.2. The predicted octanol–water partition coefficient (Wildman–Crippen LogP) is 10.9. The number of aromatic amines is 1. The van der Waals surface area contributed by atoms with E-state index in [9.17, 15) is 5.11 Å². The van der Waals surface area contributed by atoms with E-state index < -0.39 is 0 Å². The van der Waals surface area contributed by atoms with Gasteiger partial charge in [0.15, 0.2) is 0 Å². The van der Waals surface area contributed by atoms with Crippen molar-refractivity contribution < 1.29 is 26.2 Å². The minimum absolute atomic E-state index is 0. The van der Waals surface area contributed by atoms with E-state index in [1.54, 1.807) is 0 Å². The van der Waals surface area contributed by atoms with Gasteiger partial charge in [0.05, 0.1) is 11.5 Å². The van der Waals surface area contributed by atoms with E-state index >= 15 is 0 Å². The monoisotopic (exact) mass is 821 g/mol. The fraction of sp³-hybridized carbons (Fsp3) is 0.182. The number of pyridine rings is 1. The molecule has 49 heavy (non-hydrogen) atoms. The Bertz CT molecular complexity index is 2190. The van der Waals surface area contributed by atoms with E-state index in [-0.39, 0.29) is 26.8 Å². The van der Waals surface area contributed by atoms with Crippen molar-refractivity contribution in [3.8, 4) is 39.5 Å². The third-order valence-electron chi connectivity index (χ3n) is 9.28. The zero-order valence-corrected chi connectivity index (χ0v) is 30.5. The van der Waals surface area contributed by atoms with Gasteiger partial charge in [0.1, 0.15) is 5.75 Å². The summed E-state index contributed by atoms with van der Waals surface area (Å²) in [7, 11) is 0. The van der Waals surface area contributed by atoms with E-state index in [1.807, 2.05) is 42.9 Å². The Hall–Kier alpha value is -4.79. The van der Waals surface area contributed by atoms with Crippen LogP contribution in [0, 0.1) is 6.07 Å². The van der Waals surface area contributed by atoms with Gasteiger partial charge in [-0.05, 0) is 80.3 Å². The molecule has 248 valence electrons. The first-order valence-corrected chi connectivity index (χ1v) is 16.8. The molecule has 0 aliphatic heterocycles. The number of phenols is 1. The van der Waals surface area contributed by atoms with Crippen LogP contribution in [-0.2, 0) is 33.9 Å². The topological polar surface area (TPSA) is 61.8 Å². The number of aromatic nitrogens is 3. The number of hydrogen-bond acceptors (Lipinski definition) is 3. The van der Waals surface area contributed by atoms with Crippen LogP contribution in [0.15, 0.2) is 122 Å². The van der Waals surface area contributed by atoms with Crippen LogP contribution in [-0.4, -0.2) is 20.1 Å². The van der Waals surface area contributed by atoms with E-state index in [2.05, 4.69) is 123 Å². The molecule has 0 saturated heterocycles. The summed E-state index contributed by atoms with van der Waals surface area (Å²) in [4.78, 5) is 12.8. The zero-order valence-electron chi connectivity index (χ0n) is 28.3. The SMILES string of the molecule is CC(C)c1cc(-c2cc(Cc3ccccc3Cc3cncc4ccccc34)c(O)c(-c3c[nH]c(-c4[c-]cccc4)n3)c2)cc(C(C)C)c1.[Pt]. The molecule has 0 unspecified atom stereocenters. The minimum Gasteiger partial charge on any atom is -0.507 e. The molecule has 0 aliphatic carbocycles. The third-order valence-corrected chi connectivity index (χ3v) is 9.28. The summed E-state index contributed by atoms with van der Waals surface area (Å²) < 4.78 is 0. The predicted molar refractivity (Wildman–Crippen MR) is 197 cm³/mol. The Labute approximate surface area is 303 Å². The summed E-state index contributed by atoms with van der Waals surface area (Å²) in [6, 6.07) is 39.2. The van der Waals surface area contributed by atoms with E-state index in [1.165, 1.54) is 33.2 Å². The van der Waals surface area contributed by atoms with Gasteiger partial charge < -0.3 is 10.1 Å². The fourth-order valence-corrected chi connectivity index (χ4v) is 6.47. The van der Waals surface area contributed by atoms with Crippen molar-refractivity contribution >= 4 is 10.8 Å². The number of hydrogen-bond donors (Lipinski definition) is 2. The molecule has 4 nitrogen and oxygen atoms in total. The van der Waals surface area contributed by atoms with Crippen LogP contribution >= 0.6 is 0 Å². The normalized spacial score (nSPS) is 11.3. The Morgan fingerprint density at radius 1 is 0.694 bits per heavy atom. The Morgan fingerprint density at radius 3 is 2.04 bits per heavy atom. The molecule has 0 bridgehead atoms. The Balaban J connectivity index is 0.00000417. The van der Waals surface area contributed by atoms with Gasteiger partial charge in [-0.1, -0.05) is 94.4 Å². The minimum atomic E-state index is 0. The molecule has 7 rings (SSSR count). The van der Waals surface area contributed by atoms with E-state index in [0.29, 0.717) is 29.5 Å². The number of H-pyrrole nitrogens is 1. The van der Waals surface area contributed by atoms with Gasteiger partial charge in [-0.3, -0.25) is 9.97 Å². The Kier molecular flexibility index (Phi) is 10.3. The first-order chi connectivity index (χ1) is 23.3. The molecule has 0 amide bonds. The first kappa shape index (κ1) is 34.1. The molecular weight excluding hydrogens is 782 g/mol. The molecule has 0 aliphatic rings. The second-order valence-electron chi connectivity index (χ2n) is 13.3. The number of imidazole rings is 1. The fourth-order valence-electron chi connectivity index (χ4n) is 6.47. The maximum absolute atomic E-state index is 12.0. The third kappa shape index (κ3) is 7.31. The van der Waals surface area contributed by atoms with Crippen molar-refractivity contribution in [3.05, 3.63) is 161 Å².